The summed E-state index contributed by atoms with van der Waals surface area (Å²) >= 11 is 0. The molecule has 1 atom stereocenters. The molecule has 5 N–H and O–H groups in total. The van der Waals surface area contributed by atoms with Crippen molar-refractivity contribution < 1.29 is 18.3 Å². The quantitative estimate of drug-likeness (QED) is 0.386. The van der Waals surface area contributed by atoms with Crippen molar-refractivity contribution in [2.24, 2.45) is 5.92 Å². The number of carbonyl (C=O) groups is 1. The summed E-state index contributed by atoms with van der Waals surface area (Å²) in [5.41, 5.74) is 1.13. The summed E-state index contributed by atoms with van der Waals surface area (Å²) < 4.78 is 28.2. The first-order valence-corrected chi connectivity index (χ1v) is 10.9. The van der Waals surface area contributed by atoms with Crippen molar-refractivity contribution in [2.45, 2.75) is 24.2 Å². The van der Waals surface area contributed by atoms with Gasteiger partial charge in [0.05, 0.1) is 4.90 Å². The largest absolute Gasteiger partial charge is 0.481 e. The molecule has 0 radical (unpaired) electrons. The van der Waals surface area contributed by atoms with Crippen LogP contribution in [0.3, 0.4) is 0 Å². The van der Waals surface area contributed by atoms with Crippen LogP contribution in [0.15, 0.2) is 34.1 Å². The van der Waals surface area contributed by atoms with E-state index in [-0.39, 0.29) is 29.2 Å². The number of H-pyrrole nitrogens is 2. The Morgan fingerprint density at radius 1 is 1.31 bits per heavy atom. The number of aromatic nitrogens is 2. The van der Waals surface area contributed by atoms with Crippen LogP contribution in [0.1, 0.15) is 18.4 Å². The fraction of sp³-hybridized carbons (Fsp3) is 0.368. The molecule has 1 fully saturated rings. The molecule has 3 aromatic rings. The highest BCUT2D eigenvalue weighted by molar-refractivity contribution is 7.89. The fourth-order valence-corrected chi connectivity index (χ4v) is 4.92. The zero-order valence-corrected chi connectivity index (χ0v) is 16.4. The zero-order chi connectivity index (χ0) is 20.6. The van der Waals surface area contributed by atoms with Crippen molar-refractivity contribution in [3.8, 4) is 0 Å². The van der Waals surface area contributed by atoms with Gasteiger partial charge in [0.1, 0.15) is 5.52 Å². The van der Waals surface area contributed by atoms with Gasteiger partial charge in [0.2, 0.25) is 10.0 Å². The highest BCUT2D eigenvalue weighted by Crippen LogP contribution is 2.27. The van der Waals surface area contributed by atoms with Crippen LogP contribution in [-0.2, 0) is 21.2 Å². The predicted octanol–water partition coefficient (Wildman–Crippen LogP) is 0.914. The van der Waals surface area contributed by atoms with E-state index >= 15 is 0 Å². The number of hydrogen-bond donors (Lipinski definition) is 5. The van der Waals surface area contributed by atoms with Crippen LogP contribution in [-0.4, -0.2) is 49.1 Å². The maximum absolute atomic E-state index is 12.8. The number of carboxylic acids is 1. The van der Waals surface area contributed by atoms with Crippen LogP contribution >= 0.6 is 0 Å². The molecule has 0 aliphatic carbocycles. The van der Waals surface area contributed by atoms with E-state index in [0.717, 1.165) is 19.5 Å². The number of fused-ring (bicyclic) bond motifs is 3. The number of nitrogens with one attached hydrogen (secondary N) is 4. The number of benzene rings is 1. The summed E-state index contributed by atoms with van der Waals surface area (Å²) in [5.74, 6) is -0.678. The first kappa shape index (κ1) is 19.6. The van der Waals surface area contributed by atoms with E-state index < -0.39 is 16.0 Å². The molecule has 1 aliphatic rings. The van der Waals surface area contributed by atoms with Gasteiger partial charge >= 0.3 is 5.97 Å². The smallest absolute Gasteiger partial charge is 0.303 e. The maximum atomic E-state index is 12.8. The molecule has 0 bridgehead atoms. The minimum absolute atomic E-state index is 0.0871. The molecule has 1 unspecified atom stereocenters. The Balaban J connectivity index is 1.76. The van der Waals surface area contributed by atoms with Crippen LogP contribution < -0.4 is 15.6 Å². The first-order chi connectivity index (χ1) is 13.8. The van der Waals surface area contributed by atoms with E-state index in [9.17, 15) is 18.0 Å². The third kappa shape index (κ3) is 3.91. The van der Waals surface area contributed by atoms with Crippen molar-refractivity contribution in [3.63, 3.8) is 0 Å². The van der Waals surface area contributed by atoms with E-state index in [1.165, 1.54) is 12.1 Å². The number of aryl methyl sites for hydroxylation is 1. The molecule has 2 aromatic heterocycles. The second-order valence-electron chi connectivity index (χ2n) is 7.33. The van der Waals surface area contributed by atoms with Crippen LogP contribution in [0.2, 0.25) is 0 Å². The lowest BCUT2D eigenvalue weighted by Gasteiger charge is -2.12. The molecule has 0 saturated carbocycles. The number of pyridine rings is 1. The zero-order valence-electron chi connectivity index (χ0n) is 15.6. The normalized spacial score (nSPS) is 17.3. The Labute approximate surface area is 166 Å². The van der Waals surface area contributed by atoms with E-state index in [1.807, 2.05) is 0 Å². The van der Waals surface area contributed by atoms with E-state index in [2.05, 4.69) is 20.0 Å². The minimum Gasteiger partial charge on any atom is -0.481 e. The molecule has 29 heavy (non-hydrogen) atoms. The molecule has 10 heteroatoms. The van der Waals surface area contributed by atoms with E-state index in [4.69, 9.17) is 5.11 Å². The van der Waals surface area contributed by atoms with E-state index in [1.54, 1.807) is 12.3 Å². The number of sulfonamides is 1. The molecule has 1 aliphatic heterocycles. The Kier molecular flexibility index (Phi) is 5.15. The lowest BCUT2D eigenvalue weighted by molar-refractivity contribution is -0.136. The summed E-state index contributed by atoms with van der Waals surface area (Å²) in [7, 11) is -3.71. The second-order valence-corrected chi connectivity index (χ2v) is 9.10. The second kappa shape index (κ2) is 7.62. The molecule has 154 valence electrons. The topological polar surface area (TPSA) is 144 Å². The van der Waals surface area contributed by atoms with Gasteiger partial charge in [0.25, 0.3) is 5.56 Å². The van der Waals surface area contributed by atoms with Crippen molar-refractivity contribution in [1.82, 2.24) is 20.0 Å². The van der Waals surface area contributed by atoms with Gasteiger partial charge in [0, 0.05) is 35.5 Å². The fourth-order valence-electron chi connectivity index (χ4n) is 3.78. The third-order valence-corrected chi connectivity index (χ3v) is 6.76. The Morgan fingerprint density at radius 2 is 2.14 bits per heavy atom. The number of aliphatic carboxylic acids is 1. The van der Waals surface area contributed by atoms with Crippen LogP contribution in [0.4, 0.5) is 0 Å². The van der Waals surface area contributed by atoms with Crippen molar-refractivity contribution >= 4 is 37.8 Å². The minimum atomic E-state index is -3.71. The number of aromatic amines is 2. The molecule has 0 amide bonds. The molecular formula is C19H22N4O5S. The number of carboxylic acid groups (broad SMARTS) is 1. The van der Waals surface area contributed by atoms with Gasteiger partial charge in [-0.25, -0.2) is 13.1 Å². The van der Waals surface area contributed by atoms with Crippen LogP contribution in [0.5, 0.6) is 0 Å². The average molecular weight is 418 g/mol. The maximum Gasteiger partial charge on any atom is 0.303 e. The van der Waals surface area contributed by atoms with Crippen molar-refractivity contribution in [1.29, 1.82) is 0 Å². The third-order valence-electron chi connectivity index (χ3n) is 5.34. The summed E-state index contributed by atoms with van der Waals surface area (Å²) in [4.78, 5) is 29.0. The molecule has 1 saturated heterocycles. The van der Waals surface area contributed by atoms with Gasteiger partial charge in [-0.1, -0.05) is 0 Å². The summed E-state index contributed by atoms with van der Waals surface area (Å²) in [6.07, 6.45) is 2.68. The van der Waals surface area contributed by atoms with Gasteiger partial charge in [0.15, 0.2) is 0 Å². The SMILES string of the molecule is O=C(O)CCc1c[nH]c2c(=O)[nH]c3ccc(S(=O)(=O)NCC4CCNC4)cc3c12. The monoisotopic (exact) mass is 418 g/mol. The van der Waals surface area contributed by atoms with Crippen molar-refractivity contribution in [2.75, 3.05) is 19.6 Å². The summed E-state index contributed by atoms with van der Waals surface area (Å²) in [6.45, 7) is 2.04. The van der Waals surface area contributed by atoms with Gasteiger partial charge in [-0.3, -0.25) is 9.59 Å². The molecule has 9 nitrogen and oxygen atoms in total. The number of hydrogen-bond acceptors (Lipinski definition) is 5. The van der Waals surface area contributed by atoms with Gasteiger partial charge in [-0.05, 0) is 55.6 Å². The molecular weight excluding hydrogens is 396 g/mol. The standard InChI is InChI=1S/C19H22N4O5S/c24-16(25)4-1-12-10-21-18-17(12)14-7-13(2-3-15(14)23-19(18)26)29(27,28)22-9-11-5-6-20-8-11/h2-3,7,10-11,20-22H,1,4-6,8-9H2,(H,23,26)(H,24,25). The van der Waals surface area contributed by atoms with Crippen LogP contribution in [0.25, 0.3) is 21.8 Å². The Morgan fingerprint density at radius 3 is 2.86 bits per heavy atom. The van der Waals surface area contributed by atoms with Gasteiger partial charge < -0.3 is 20.4 Å². The Bertz CT molecular complexity index is 1240. The lowest BCUT2D eigenvalue weighted by atomic mass is 10.0. The highest BCUT2D eigenvalue weighted by atomic mass is 32.2. The molecule has 4 rings (SSSR count). The van der Waals surface area contributed by atoms with Gasteiger partial charge in [-0.15, -0.1) is 0 Å². The molecule has 0 spiro atoms. The van der Waals surface area contributed by atoms with E-state index in [0.29, 0.717) is 33.9 Å². The van der Waals surface area contributed by atoms with Gasteiger partial charge in [-0.2, -0.15) is 0 Å². The summed E-state index contributed by atoms with van der Waals surface area (Å²) in [5, 5.41) is 13.3. The summed E-state index contributed by atoms with van der Waals surface area (Å²) in [6, 6.07) is 4.56. The van der Waals surface area contributed by atoms with Crippen molar-refractivity contribution in [3.05, 3.63) is 40.3 Å². The predicted molar refractivity (Wildman–Crippen MR) is 109 cm³/mol. The van der Waals surface area contributed by atoms with Crippen LogP contribution in [0, 0.1) is 5.92 Å². The molecule has 3 heterocycles. The lowest BCUT2D eigenvalue weighted by Crippen LogP contribution is -2.30. The first-order valence-electron chi connectivity index (χ1n) is 9.43. The Hall–Kier alpha value is -2.69. The number of rotatable bonds is 7. The molecule has 1 aromatic carbocycles. The highest BCUT2D eigenvalue weighted by Gasteiger charge is 2.21. The average Bonchev–Trinajstić information content (AvgIpc) is 3.35.